The number of hydrogen-bond donors (Lipinski definition) is 0. The highest BCUT2D eigenvalue weighted by Gasteiger charge is 2.31. The van der Waals surface area contributed by atoms with Crippen LogP contribution in [0.3, 0.4) is 0 Å². The summed E-state index contributed by atoms with van der Waals surface area (Å²) < 4.78 is 12.6. The predicted octanol–water partition coefficient (Wildman–Crippen LogP) is 3.98. The topological polar surface area (TPSA) is 110 Å². The number of aromatic nitrogens is 1. The fourth-order valence-corrected chi connectivity index (χ4v) is 3.89. The van der Waals surface area contributed by atoms with E-state index >= 15 is 0 Å². The Morgan fingerprint density at radius 2 is 1.50 bits per heavy atom. The first-order chi connectivity index (χ1) is 14.4. The molecule has 1 aromatic heterocycles. The van der Waals surface area contributed by atoms with E-state index in [2.05, 4.69) is 0 Å². The van der Waals surface area contributed by atoms with Gasteiger partial charge in [0.1, 0.15) is 17.4 Å². The quantitative estimate of drug-likeness (QED) is 0.388. The van der Waals surface area contributed by atoms with Crippen molar-refractivity contribution in [3.63, 3.8) is 0 Å². The molecular formula is C21H23N3O6. The Hall–Kier alpha value is -3.62. The van der Waals surface area contributed by atoms with E-state index in [1.54, 1.807) is 32.4 Å². The van der Waals surface area contributed by atoms with Crippen LogP contribution < -0.4 is 9.47 Å². The third-order valence-electron chi connectivity index (χ3n) is 5.14. The molecule has 0 saturated carbocycles. The first-order valence-corrected chi connectivity index (χ1v) is 9.47. The van der Waals surface area contributed by atoms with E-state index in [-0.39, 0.29) is 0 Å². The molecule has 0 atom stereocenters. The Kier molecular flexibility index (Phi) is 6.20. The number of methoxy groups -OCH3 is 2. The van der Waals surface area contributed by atoms with Gasteiger partial charge in [0.2, 0.25) is 13.1 Å². The molecular weight excluding hydrogens is 390 g/mol. The molecule has 0 bridgehead atoms. The van der Waals surface area contributed by atoms with Gasteiger partial charge in [-0.25, -0.2) is 0 Å². The molecule has 3 rings (SSSR count). The molecule has 30 heavy (non-hydrogen) atoms. The van der Waals surface area contributed by atoms with Crippen molar-refractivity contribution in [1.82, 2.24) is 4.57 Å². The van der Waals surface area contributed by atoms with E-state index in [0.29, 0.717) is 23.6 Å². The van der Waals surface area contributed by atoms with Gasteiger partial charge in [-0.3, -0.25) is 20.2 Å². The van der Waals surface area contributed by atoms with E-state index in [1.807, 2.05) is 35.8 Å². The standard InChI is InChI=1S/C21H23N3O6/c1-4-22-19-11-17(30-3)9-10-18(19)20(15(12-23(25)26)13-24(27)28)21(22)14-5-7-16(29-2)8-6-14/h5-11,15H,4,12-13H2,1-3H3. The summed E-state index contributed by atoms with van der Waals surface area (Å²) in [5.74, 6) is 0.437. The van der Waals surface area contributed by atoms with Crippen molar-refractivity contribution in [2.45, 2.75) is 19.4 Å². The zero-order chi connectivity index (χ0) is 21.8. The lowest BCUT2D eigenvalue weighted by molar-refractivity contribution is -0.516. The Morgan fingerprint density at radius 3 is 2.00 bits per heavy atom. The van der Waals surface area contributed by atoms with E-state index in [9.17, 15) is 20.2 Å². The molecule has 158 valence electrons. The van der Waals surface area contributed by atoms with Gasteiger partial charge >= 0.3 is 0 Å². The van der Waals surface area contributed by atoms with Crippen LogP contribution in [-0.2, 0) is 6.54 Å². The van der Waals surface area contributed by atoms with Gasteiger partial charge in [0.05, 0.1) is 25.4 Å². The lowest BCUT2D eigenvalue weighted by atomic mass is 9.93. The lowest BCUT2D eigenvalue weighted by Gasteiger charge is -2.14. The van der Waals surface area contributed by atoms with E-state index < -0.39 is 28.9 Å². The molecule has 0 saturated heterocycles. The van der Waals surface area contributed by atoms with E-state index in [1.165, 1.54) is 0 Å². The van der Waals surface area contributed by atoms with Crippen molar-refractivity contribution < 1.29 is 19.3 Å². The summed E-state index contributed by atoms with van der Waals surface area (Å²) in [5.41, 5.74) is 2.96. The number of ether oxygens (including phenoxy) is 2. The third-order valence-corrected chi connectivity index (χ3v) is 5.14. The maximum atomic E-state index is 11.3. The highest BCUT2D eigenvalue weighted by atomic mass is 16.6. The Balaban J connectivity index is 2.35. The second-order valence-electron chi connectivity index (χ2n) is 6.85. The van der Waals surface area contributed by atoms with Crippen molar-refractivity contribution in [3.05, 3.63) is 68.3 Å². The van der Waals surface area contributed by atoms with Crippen molar-refractivity contribution >= 4 is 10.9 Å². The summed E-state index contributed by atoms with van der Waals surface area (Å²) in [7, 11) is 3.13. The average molecular weight is 413 g/mol. The number of nitrogens with zero attached hydrogens (tertiary/aromatic N) is 3. The Morgan fingerprint density at radius 1 is 0.933 bits per heavy atom. The van der Waals surface area contributed by atoms with Crippen LogP contribution in [-0.4, -0.2) is 41.7 Å². The SMILES string of the molecule is CCn1c(-c2ccc(OC)cc2)c(C(C[N+](=O)[O-])C[N+](=O)[O-])c2ccc(OC)cc21. The Labute approximate surface area is 173 Å². The number of nitro groups is 2. The maximum absolute atomic E-state index is 11.3. The van der Waals surface area contributed by atoms with Crippen LogP contribution in [0.1, 0.15) is 18.4 Å². The maximum Gasteiger partial charge on any atom is 0.217 e. The van der Waals surface area contributed by atoms with Crippen LogP contribution in [0.15, 0.2) is 42.5 Å². The monoisotopic (exact) mass is 413 g/mol. The molecule has 0 unspecified atom stereocenters. The van der Waals surface area contributed by atoms with Crippen molar-refractivity contribution in [2.75, 3.05) is 27.3 Å². The second kappa shape index (κ2) is 8.81. The summed E-state index contributed by atoms with van der Waals surface area (Å²) in [6.45, 7) is 1.48. The molecule has 0 aliphatic heterocycles. The number of benzene rings is 2. The molecule has 0 aliphatic carbocycles. The molecule has 3 aromatic rings. The minimum atomic E-state index is -0.879. The van der Waals surface area contributed by atoms with Crippen LogP contribution in [0.5, 0.6) is 11.5 Å². The molecule has 0 spiro atoms. The van der Waals surface area contributed by atoms with Crippen LogP contribution in [0.25, 0.3) is 22.2 Å². The minimum Gasteiger partial charge on any atom is -0.497 e. The number of rotatable bonds is 9. The normalized spacial score (nSPS) is 11.1. The number of hydrogen-bond acceptors (Lipinski definition) is 6. The summed E-state index contributed by atoms with van der Waals surface area (Å²) >= 11 is 0. The zero-order valence-corrected chi connectivity index (χ0v) is 17.0. The highest BCUT2D eigenvalue weighted by molar-refractivity contribution is 5.93. The van der Waals surface area contributed by atoms with Gasteiger partial charge in [0, 0.05) is 33.4 Å². The fourth-order valence-electron chi connectivity index (χ4n) is 3.89. The Bertz CT molecular complexity index is 1060. The molecule has 0 aliphatic rings. The molecule has 2 aromatic carbocycles. The predicted molar refractivity (Wildman–Crippen MR) is 113 cm³/mol. The van der Waals surface area contributed by atoms with Gasteiger partial charge in [0.25, 0.3) is 0 Å². The molecule has 9 heteroatoms. The van der Waals surface area contributed by atoms with E-state index in [0.717, 1.165) is 22.2 Å². The van der Waals surface area contributed by atoms with Gasteiger partial charge < -0.3 is 14.0 Å². The molecule has 0 radical (unpaired) electrons. The van der Waals surface area contributed by atoms with Gasteiger partial charge in [0.15, 0.2) is 0 Å². The summed E-state index contributed by atoms with van der Waals surface area (Å²) in [6.07, 6.45) is 0. The van der Waals surface area contributed by atoms with Crippen LogP contribution >= 0.6 is 0 Å². The molecule has 0 N–H and O–H groups in total. The van der Waals surface area contributed by atoms with Crippen LogP contribution in [0.4, 0.5) is 0 Å². The fraction of sp³-hybridized carbons (Fsp3) is 0.333. The summed E-state index contributed by atoms with van der Waals surface area (Å²) in [5, 5.41) is 23.4. The second-order valence-corrected chi connectivity index (χ2v) is 6.85. The molecule has 1 heterocycles. The van der Waals surface area contributed by atoms with Gasteiger partial charge in [-0.05, 0) is 48.9 Å². The van der Waals surface area contributed by atoms with E-state index in [4.69, 9.17) is 9.47 Å². The summed E-state index contributed by atoms with van der Waals surface area (Å²) in [6, 6.07) is 12.7. The largest absolute Gasteiger partial charge is 0.497 e. The first kappa shape index (κ1) is 21.1. The number of aryl methyl sites for hydroxylation is 1. The van der Waals surface area contributed by atoms with Crippen molar-refractivity contribution in [2.24, 2.45) is 0 Å². The van der Waals surface area contributed by atoms with Crippen molar-refractivity contribution in [3.8, 4) is 22.8 Å². The molecule has 0 amide bonds. The van der Waals surface area contributed by atoms with Gasteiger partial charge in [-0.2, -0.15) is 0 Å². The lowest BCUT2D eigenvalue weighted by Crippen LogP contribution is -2.21. The minimum absolute atomic E-state index is 0.495. The molecule has 9 nitrogen and oxygen atoms in total. The summed E-state index contributed by atoms with van der Waals surface area (Å²) in [4.78, 5) is 21.7. The third kappa shape index (κ3) is 4.05. The first-order valence-electron chi connectivity index (χ1n) is 9.47. The molecule has 0 fully saturated rings. The van der Waals surface area contributed by atoms with Gasteiger partial charge in [-0.15, -0.1) is 0 Å². The zero-order valence-electron chi connectivity index (χ0n) is 17.0. The van der Waals surface area contributed by atoms with Crippen LogP contribution in [0, 0.1) is 20.2 Å². The van der Waals surface area contributed by atoms with Crippen molar-refractivity contribution in [1.29, 1.82) is 0 Å². The highest BCUT2D eigenvalue weighted by Crippen LogP contribution is 2.40. The smallest absolute Gasteiger partial charge is 0.217 e. The average Bonchev–Trinajstić information content (AvgIpc) is 3.05. The van der Waals surface area contributed by atoms with Gasteiger partial charge in [-0.1, -0.05) is 0 Å². The van der Waals surface area contributed by atoms with Crippen LogP contribution in [0.2, 0.25) is 0 Å². The number of fused-ring (bicyclic) bond motifs is 1.